The first-order valence-electron chi connectivity index (χ1n) is 4.79. The first-order chi connectivity index (χ1) is 7.12. The molecule has 3 fully saturated rings. The van der Waals surface area contributed by atoms with E-state index >= 15 is 0 Å². The molecule has 15 heavy (non-hydrogen) atoms. The van der Waals surface area contributed by atoms with Gasteiger partial charge >= 0.3 is 0 Å². The Kier molecular flexibility index (Phi) is 1.41. The largest absolute Gasteiger partial charge is 0.375 e. The highest BCUT2D eigenvalue weighted by Gasteiger charge is 2.75. The van der Waals surface area contributed by atoms with Crippen molar-refractivity contribution in [3.63, 3.8) is 0 Å². The van der Waals surface area contributed by atoms with Gasteiger partial charge in [-0.05, 0) is 0 Å². The van der Waals surface area contributed by atoms with E-state index in [-0.39, 0.29) is 17.7 Å². The lowest BCUT2D eigenvalue weighted by Crippen LogP contribution is -2.65. The van der Waals surface area contributed by atoms with E-state index in [1.165, 1.54) is 7.11 Å². The van der Waals surface area contributed by atoms with Crippen molar-refractivity contribution in [3.8, 4) is 0 Å². The monoisotopic (exact) mass is 210 g/mol. The molecule has 0 bridgehead atoms. The minimum Gasteiger partial charge on any atom is -0.375 e. The molecule has 3 rings (SSSR count). The van der Waals surface area contributed by atoms with Crippen molar-refractivity contribution >= 4 is 17.7 Å². The van der Waals surface area contributed by atoms with E-state index in [4.69, 9.17) is 4.74 Å². The first-order valence-corrected chi connectivity index (χ1v) is 4.79. The van der Waals surface area contributed by atoms with Crippen molar-refractivity contribution in [1.82, 2.24) is 10.6 Å². The van der Waals surface area contributed by atoms with Gasteiger partial charge in [-0.1, -0.05) is 0 Å². The van der Waals surface area contributed by atoms with Gasteiger partial charge in [-0.2, -0.15) is 0 Å². The van der Waals surface area contributed by atoms with Crippen LogP contribution in [0, 0.1) is 17.8 Å². The molecule has 4 unspecified atom stereocenters. The predicted molar refractivity (Wildman–Crippen MR) is 46.4 cm³/mol. The molecule has 2 N–H and O–H groups in total. The number of hydrogen-bond donors (Lipinski definition) is 2. The lowest BCUT2D eigenvalue weighted by Gasteiger charge is -2.49. The van der Waals surface area contributed by atoms with Gasteiger partial charge in [-0.15, -0.1) is 0 Å². The zero-order valence-corrected chi connectivity index (χ0v) is 8.07. The van der Waals surface area contributed by atoms with Gasteiger partial charge in [0.15, 0.2) is 0 Å². The lowest BCUT2D eigenvalue weighted by atomic mass is 9.55. The normalized spacial score (nSPS) is 46.7. The number of nitrogens with one attached hydrogen (secondary N) is 2. The van der Waals surface area contributed by atoms with Crippen LogP contribution in [0.2, 0.25) is 0 Å². The van der Waals surface area contributed by atoms with Crippen molar-refractivity contribution in [2.45, 2.75) is 5.60 Å². The Balaban J connectivity index is 2.06. The second kappa shape index (κ2) is 2.38. The van der Waals surface area contributed by atoms with Gasteiger partial charge in [-0.25, -0.2) is 0 Å². The second-order valence-corrected chi connectivity index (χ2v) is 4.21. The minimum atomic E-state index is -0.794. The van der Waals surface area contributed by atoms with E-state index in [0.717, 1.165) is 0 Å². The van der Waals surface area contributed by atoms with Crippen LogP contribution in [0.3, 0.4) is 0 Å². The number of fused-ring (bicyclic) bond motifs is 4. The number of carbonyl (C=O) groups is 3. The zero-order chi connectivity index (χ0) is 10.8. The third-order valence-corrected chi connectivity index (χ3v) is 3.80. The third kappa shape index (κ3) is 0.740. The molecule has 0 aromatic carbocycles. The molecular weight excluding hydrogens is 200 g/mol. The molecule has 3 aliphatic rings. The highest BCUT2D eigenvalue weighted by atomic mass is 16.5. The van der Waals surface area contributed by atoms with E-state index < -0.39 is 23.4 Å². The van der Waals surface area contributed by atoms with E-state index in [2.05, 4.69) is 10.6 Å². The molecule has 2 aliphatic heterocycles. The van der Waals surface area contributed by atoms with E-state index in [9.17, 15) is 14.4 Å². The summed E-state index contributed by atoms with van der Waals surface area (Å²) < 4.78 is 5.30. The highest BCUT2D eigenvalue weighted by Crippen LogP contribution is 2.56. The van der Waals surface area contributed by atoms with Crippen LogP contribution in [0.25, 0.3) is 0 Å². The first kappa shape index (κ1) is 8.84. The molecule has 1 saturated carbocycles. The van der Waals surface area contributed by atoms with Gasteiger partial charge in [-0.3, -0.25) is 19.7 Å². The van der Waals surface area contributed by atoms with Gasteiger partial charge in [0.2, 0.25) is 17.7 Å². The quantitative estimate of drug-likeness (QED) is 0.491. The Bertz CT molecular complexity index is 386. The SMILES string of the molecule is COC12CNC(=O)C1C1C(=O)NC(=O)C12. The van der Waals surface area contributed by atoms with Crippen LogP contribution >= 0.6 is 0 Å². The van der Waals surface area contributed by atoms with Gasteiger partial charge < -0.3 is 10.1 Å². The van der Waals surface area contributed by atoms with Crippen molar-refractivity contribution in [2.24, 2.45) is 17.8 Å². The average molecular weight is 210 g/mol. The fourth-order valence-corrected chi connectivity index (χ4v) is 3.11. The Hall–Kier alpha value is -1.43. The average Bonchev–Trinajstić information content (AvgIpc) is 2.53. The smallest absolute Gasteiger partial charge is 0.233 e. The van der Waals surface area contributed by atoms with Gasteiger partial charge in [0.1, 0.15) is 5.60 Å². The van der Waals surface area contributed by atoms with Crippen LogP contribution in [0.1, 0.15) is 0 Å². The maximum atomic E-state index is 11.5. The summed E-state index contributed by atoms with van der Waals surface area (Å²) in [6.07, 6.45) is 0. The van der Waals surface area contributed by atoms with Gasteiger partial charge in [0, 0.05) is 13.7 Å². The summed E-state index contributed by atoms with van der Waals surface area (Å²) in [5.74, 6) is -2.39. The number of amides is 3. The van der Waals surface area contributed by atoms with Crippen LogP contribution in [0.4, 0.5) is 0 Å². The van der Waals surface area contributed by atoms with Crippen molar-refractivity contribution in [2.75, 3.05) is 13.7 Å². The molecule has 1 aliphatic carbocycles. The number of methoxy groups -OCH3 is 1. The molecule has 6 heteroatoms. The predicted octanol–water partition coefficient (Wildman–Crippen LogP) is -1.98. The second-order valence-electron chi connectivity index (χ2n) is 4.21. The molecule has 2 heterocycles. The fourth-order valence-electron chi connectivity index (χ4n) is 3.11. The molecule has 0 radical (unpaired) electrons. The number of rotatable bonds is 1. The summed E-state index contributed by atoms with van der Waals surface area (Å²) >= 11 is 0. The molecule has 3 amide bonds. The van der Waals surface area contributed by atoms with Crippen LogP contribution < -0.4 is 10.6 Å². The topological polar surface area (TPSA) is 84.5 Å². The molecule has 0 aromatic heterocycles. The molecule has 0 aromatic rings. The van der Waals surface area contributed by atoms with Crippen LogP contribution in [-0.4, -0.2) is 37.0 Å². The minimum absolute atomic E-state index is 0.192. The maximum absolute atomic E-state index is 11.5. The van der Waals surface area contributed by atoms with Crippen LogP contribution in [0.5, 0.6) is 0 Å². The van der Waals surface area contributed by atoms with Gasteiger partial charge in [0.25, 0.3) is 0 Å². The van der Waals surface area contributed by atoms with E-state index in [1.807, 2.05) is 0 Å². The van der Waals surface area contributed by atoms with Crippen molar-refractivity contribution in [3.05, 3.63) is 0 Å². The molecule has 6 nitrogen and oxygen atoms in total. The van der Waals surface area contributed by atoms with E-state index in [0.29, 0.717) is 6.54 Å². The van der Waals surface area contributed by atoms with Crippen LogP contribution in [0.15, 0.2) is 0 Å². The maximum Gasteiger partial charge on any atom is 0.233 e. The third-order valence-electron chi connectivity index (χ3n) is 3.80. The van der Waals surface area contributed by atoms with Crippen LogP contribution in [-0.2, 0) is 19.1 Å². The highest BCUT2D eigenvalue weighted by molar-refractivity contribution is 6.11. The summed E-state index contributed by atoms with van der Waals surface area (Å²) in [5, 5.41) is 4.90. The molecule has 0 spiro atoms. The zero-order valence-electron chi connectivity index (χ0n) is 8.07. The standard InChI is InChI=1S/C9H10N2O4/c1-15-9-2-10-7(13)4(9)3-5(9)8(14)11-6(3)12/h3-5H,2H2,1H3,(H,10,13)(H,11,12,14). The Morgan fingerprint density at radius 1 is 1.20 bits per heavy atom. The number of carbonyl (C=O) groups excluding carboxylic acids is 3. The van der Waals surface area contributed by atoms with E-state index in [1.54, 1.807) is 0 Å². The van der Waals surface area contributed by atoms with Gasteiger partial charge in [0.05, 0.1) is 17.8 Å². The Morgan fingerprint density at radius 2 is 1.87 bits per heavy atom. The molecule has 80 valence electrons. The fraction of sp³-hybridized carbons (Fsp3) is 0.667. The van der Waals surface area contributed by atoms with Crippen molar-refractivity contribution in [1.29, 1.82) is 0 Å². The number of imide groups is 1. The number of hydrogen-bond acceptors (Lipinski definition) is 4. The summed E-state index contributed by atoms with van der Waals surface area (Å²) in [7, 11) is 1.47. The summed E-state index contributed by atoms with van der Waals surface area (Å²) in [6, 6.07) is 0. The molecule has 4 atom stereocenters. The lowest BCUT2D eigenvalue weighted by molar-refractivity contribution is -0.187. The summed E-state index contributed by atoms with van der Waals surface area (Å²) in [6.45, 7) is 0.314. The summed E-state index contributed by atoms with van der Waals surface area (Å²) in [4.78, 5) is 34.4. The Morgan fingerprint density at radius 3 is 2.53 bits per heavy atom. The molecular formula is C9H10N2O4. The Labute approximate surface area is 85.3 Å². The number of ether oxygens (including phenoxy) is 1. The molecule has 2 saturated heterocycles. The summed E-state index contributed by atoms with van der Waals surface area (Å²) in [5.41, 5.74) is -0.794. The van der Waals surface area contributed by atoms with Crippen molar-refractivity contribution < 1.29 is 19.1 Å².